The van der Waals surface area contributed by atoms with E-state index in [4.69, 9.17) is 26.2 Å². The lowest BCUT2D eigenvalue weighted by molar-refractivity contribution is 0.00843. The van der Waals surface area contributed by atoms with Crippen molar-refractivity contribution in [2.24, 2.45) is 0 Å². The Bertz CT molecular complexity index is 1070. The monoisotopic (exact) mass is 503 g/mol. The zero-order chi connectivity index (χ0) is 25.0. The first-order valence-electron chi connectivity index (χ1n) is 11.0. The largest absolute Gasteiger partial charge is 0.492 e. The molecule has 0 spiro atoms. The number of benzene rings is 2. The first-order chi connectivity index (χ1) is 17.0. The maximum Gasteiger partial charge on any atom is 0.258 e. The summed E-state index contributed by atoms with van der Waals surface area (Å²) in [4.78, 5) is 18.8. The highest BCUT2D eigenvalue weighted by Crippen LogP contribution is 2.24. The zero-order valence-corrected chi connectivity index (χ0v) is 19.7. The second-order valence-electron chi connectivity index (χ2n) is 7.53. The van der Waals surface area contributed by atoms with Crippen molar-refractivity contribution in [1.29, 1.82) is 0 Å². The number of halogens is 2. The fourth-order valence-corrected chi connectivity index (χ4v) is 3.38. The lowest BCUT2D eigenvalue weighted by Gasteiger charge is -2.23. The number of nitrogens with zero attached hydrogens (tertiary/aromatic N) is 2. The van der Waals surface area contributed by atoms with Crippen molar-refractivity contribution in [3.8, 4) is 5.75 Å². The van der Waals surface area contributed by atoms with Crippen LogP contribution in [0.15, 0.2) is 67.0 Å². The Morgan fingerprint density at radius 2 is 1.86 bits per heavy atom. The number of nitrogens with one attached hydrogen (secondary N) is 1. The van der Waals surface area contributed by atoms with Gasteiger partial charge in [0, 0.05) is 47.4 Å². The lowest BCUT2D eigenvalue weighted by atomic mass is 10.1. The van der Waals surface area contributed by atoms with E-state index < -0.39 is 18.5 Å². The Labute approximate surface area is 207 Å². The van der Waals surface area contributed by atoms with Gasteiger partial charge in [-0.25, -0.2) is 4.39 Å². The van der Waals surface area contributed by atoms with Gasteiger partial charge in [-0.15, -0.1) is 0 Å². The molecule has 3 rings (SSSR count). The molecule has 1 amide bonds. The second kappa shape index (κ2) is 13.6. The van der Waals surface area contributed by atoms with E-state index in [2.05, 4.69) is 10.3 Å². The summed E-state index contributed by atoms with van der Waals surface area (Å²) >= 11 is 6.25. The van der Waals surface area contributed by atoms with Gasteiger partial charge in [0.1, 0.15) is 24.3 Å². The highest BCUT2D eigenvalue weighted by molar-refractivity contribution is 6.31. The van der Waals surface area contributed by atoms with Gasteiger partial charge in [0.25, 0.3) is 5.91 Å². The second-order valence-corrected chi connectivity index (χ2v) is 7.97. The van der Waals surface area contributed by atoms with Gasteiger partial charge in [-0.05, 0) is 54.6 Å². The van der Waals surface area contributed by atoms with Crippen LogP contribution in [-0.4, -0.2) is 66.7 Å². The molecule has 35 heavy (non-hydrogen) atoms. The highest BCUT2D eigenvalue weighted by Gasteiger charge is 2.19. The highest BCUT2D eigenvalue weighted by atomic mass is 35.5. The maximum absolute atomic E-state index is 13.4. The van der Waals surface area contributed by atoms with Crippen LogP contribution in [0.1, 0.15) is 10.4 Å². The summed E-state index contributed by atoms with van der Waals surface area (Å²) in [6.45, 7) is 0.568. The standard InChI is InChI=1S/C25H27ClFN3O5/c26-19-13-18(14-24(15-19)35-11-9-29-21-5-7-28-8-6-21)25(33)30(10-12-34-17-23(32)16-31)22-3-1-20(27)2-4-22/h1-8,13-15,23,31-32H,9-12,16-17H2,(H,28,29). The third-order valence-corrected chi connectivity index (χ3v) is 5.08. The molecule has 1 aromatic heterocycles. The van der Waals surface area contributed by atoms with Crippen LogP contribution in [0.4, 0.5) is 15.8 Å². The molecule has 3 N–H and O–H groups in total. The van der Waals surface area contributed by atoms with E-state index in [1.807, 2.05) is 12.1 Å². The molecule has 0 aliphatic rings. The van der Waals surface area contributed by atoms with E-state index in [0.29, 0.717) is 29.6 Å². The number of pyridine rings is 1. The molecule has 2 aromatic carbocycles. The number of hydrogen-bond donors (Lipinski definition) is 3. The molecule has 1 heterocycles. The fraction of sp³-hybridized carbons (Fsp3) is 0.280. The zero-order valence-electron chi connectivity index (χ0n) is 18.9. The SMILES string of the molecule is O=C(c1cc(Cl)cc(OCCNc2ccncc2)c1)N(CCOCC(O)CO)c1ccc(F)cc1. The summed E-state index contributed by atoms with van der Waals surface area (Å²) in [5, 5.41) is 21.9. The molecule has 0 fully saturated rings. The Morgan fingerprint density at radius 1 is 1.11 bits per heavy atom. The third-order valence-electron chi connectivity index (χ3n) is 4.86. The number of anilines is 2. The predicted octanol–water partition coefficient (Wildman–Crippen LogP) is 3.38. The van der Waals surface area contributed by atoms with Gasteiger partial charge in [-0.1, -0.05) is 11.6 Å². The van der Waals surface area contributed by atoms with E-state index in [0.717, 1.165) is 5.69 Å². The van der Waals surface area contributed by atoms with Crippen molar-refractivity contribution in [2.45, 2.75) is 6.10 Å². The lowest BCUT2D eigenvalue weighted by Crippen LogP contribution is -2.35. The molecule has 0 saturated carbocycles. The van der Waals surface area contributed by atoms with E-state index in [1.165, 1.54) is 35.2 Å². The Balaban J connectivity index is 1.68. The van der Waals surface area contributed by atoms with Gasteiger partial charge in [0.05, 0.1) is 19.8 Å². The van der Waals surface area contributed by atoms with E-state index in [9.17, 15) is 14.3 Å². The molecule has 8 nitrogen and oxygen atoms in total. The van der Waals surface area contributed by atoms with Gasteiger partial charge in [0.2, 0.25) is 0 Å². The van der Waals surface area contributed by atoms with Gasteiger partial charge < -0.3 is 29.9 Å². The average molecular weight is 504 g/mol. The van der Waals surface area contributed by atoms with Crippen molar-refractivity contribution in [2.75, 3.05) is 49.7 Å². The number of aromatic nitrogens is 1. The summed E-state index contributed by atoms with van der Waals surface area (Å²) in [6.07, 6.45) is 2.36. The van der Waals surface area contributed by atoms with Crippen LogP contribution < -0.4 is 15.0 Å². The minimum Gasteiger partial charge on any atom is -0.492 e. The number of rotatable bonds is 13. The molecule has 0 radical (unpaired) electrons. The smallest absolute Gasteiger partial charge is 0.258 e. The van der Waals surface area contributed by atoms with Crippen molar-refractivity contribution in [1.82, 2.24) is 4.98 Å². The van der Waals surface area contributed by atoms with Crippen molar-refractivity contribution < 1.29 is 28.9 Å². The first kappa shape index (κ1) is 26.4. The van der Waals surface area contributed by atoms with Crippen molar-refractivity contribution in [3.63, 3.8) is 0 Å². The number of ether oxygens (including phenoxy) is 2. The number of aliphatic hydroxyl groups excluding tert-OH is 2. The molecule has 186 valence electrons. The number of hydrogen-bond acceptors (Lipinski definition) is 7. The quantitative estimate of drug-likeness (QED) is 0.307. The van der Waals surface area contributed by atoms with Crippen molar-refractivity contribution in [3.05, 3.63) is 83.4 Å². The molecule has 0 saturated heterocycles. The van der Waals surface area contributed by atoms with Crippen LogP contribution in [0, 0.1) is 5.82 Å². The van der Waals surface area contributed by atoms with E-state index >= 15 is 0 Å². The summed E-state index contributed by atoms with van der Waals surface area (Å²) < 4.78 is 24.6. The van der Waals surface area contributed by atoms with Crippen LogP contribution in [0.5, 0.6) is 5.75 Å². The summed E-state index contributed by atoms with van der Waals surface area (Å²) in [6, 6.07) is 13.9. The molecular weight excluding hydrogens is 477 g/mol. The summed E-state index contributed by atoms with van der Waals surface area (Å²) in [5.41, 5.74) is 1.66. The Hall–Kier alpha value is -3.24. The number of carbonyl (C=O) groups is 1. The molecule has 1 unspecified atom stereocenters. The topological polar surface area (TPSA) is 104 Å². The van der Waals surface area contributed by atoms with Crippen LogP contribution in [0.2, 0.25) is 5.02 Å². The van der Waals surface area contributed by atoms with E-state index in [-0.39, 0.29) is 31.2 Å². The van der Waals surface area contributed by atoms with Crippen LogP contribution in [0.25, 0.3) is 0 Å². The maximum atomic E-state index is 13.4. The first-order valence-corrected chi connectivity index (χ1v) is 11.4. The predicted molar refractivity (Wildman–Crippen MR) is 132 cm³/mol. The Morgan fingerprint density at radius 3 is 2.57 bits per heavy atom. The van der Waals surface area contributed by atoms with E-state index in [1.54, 1.807) is 24.5 Å². The molecule has 0 bridgehead atoms. The minimum atomic E-state index is -1.01. The molecule has 3 aromatic rings. The number of carbonyl (C=O) groups excluding carboxylic acids is 1. The molecular formula is C25H27ClFN3O5. The van der Waals surface area contributed by atoms with Crippen LogP contribution >= 0.6 is 11.6 Å². The summed E-state index contributed by atoms with van der Waals surface area (Å²) in [5.74, 6) is -0.383. The molecule has 10 heteroatoms. The van der Waals surface area contributed by atoms with Gasteiger partial charge in [-0.3, -0.25) is 9.78 Å². The summed E-state index contributed by atoms with van der Waals surface area (Å²) in [7, 11) is 0. The van der Waals surface area contributed by atoms with Crippen LogP contribution in [0.3, 0.4) is 0 Å². The van der Waals surface area contributed by atoms with Crippen LogP contribution in [-0.2, 0) is 4.74 Å². The molecule has 0 aliphatic carbocycles. The number of aliphatic hydroxyl groups is 2. The molecule has 1 atom stereocenters. The molecule has 0 aliphatic heterocycles. The normalized spacial score (nSPS) is 11.7. The van der Waals surface area contributed by atoms with Crippen molar-refractivity contribution >= 4 is 28.9 Å². The van der Waals surface area contributed by atoms with Gasteiger partial charge in [0.15, 0.2) is 0 Å². The average Bonchev–Trinajstić information content (AvgIpc) is 2.87. The minimum absolute atomic E-state index is 0.0787. The third kappa shape index (κ3) is 8.48. The van der Waals surface area contributed by atoms with Gasteiger partial charge >= 0.3 is 0 Å². The van der Waals surface area contributed by atoms with Gasteiger partial charge in [-0.2, -0.15) is 0 Å². The number of amides is 1. The fourth-order valence-electron chi connectivity index (χ4n) is 3.16. The Kier molecular flexibility index (Phi) is 10.2.